The summed E-state index contributed by atoms with van der Waals surface area (Å²) in [7, 11) is 5.46. The van der Waals surface area contributed by atoms with Crippen molar-refractivity contribution in [2.45, 2.75) is 122 Å². The lowest BCUT2D eigenvalue weighted by molar-refractivity contribution is -0.887. The summed E-state index contributed by atoms with van der Waals surface area (Å²) in [5.74, 6) is -1.72. The van der Waals surface area contributed by atoms with Crippen molar-refractivity contribution >= 4 is 17.9 Å². The third-order valence-corrected chi connectivity index (χ3v) is 7.20. The van der Waals surface area contributed by atoms with Crippen LogP contribution in [0.2, 0.25) is 0 Å². The molecule has 2 unspecified atom stereocenters. The molecule has 46 heavy (non-hydrogen) atoms. The summed E-state index contributed by atoms with van der Waals surface area (Å²) in [4.78, 5) is 36.5. The number of carbonyl (C=O) groups excluding carboxylic acids is 2. The minimum absolute atomic E-state index is 0.00878. The van der Waals surface area contributed by atoms with Crippen LogP contribution in [0.4, 0.5) is 0 Å². The molecule has 262 valence electrons. The predicted octanol–water partition coefficient (Wildman–Crippen LogP) is 8.29. The van der Waals surface area contributed by atoms with E-state index >= 15 is 0 Å². The van der Waals surface area contributed by atoms with E-state index in [1.165, 1.54) is 38.5 Å². The summed E-state index contributed by atoms with van der Waals surface area (Å²) in [5.41, 5.74) is 0. The van der Waals surface area contributed by atoms with Gasteiger partial charge in [0.2, 0.25) is 0 Å². The first-order valence-electron chi connectivity index (χ1n) is 17.3. The van der Waals surface area contributed by atoms with Crippen LogP contribution in [0.1, 0.15) is 110 Å². The highest BCUT2D eigenvalue weighted by molar-refractivity contribution is 5.72. The fourth-order valence-electron chi connectivity index (χ4n) is 4.50. The van der Waals surface area contributed by atoms with E-state index in [4.69, 9.17) is 14.2 Å². The summed E-state index contributed by atoms with van der Waals surface area (Å²) >= 11 is 0. The standard InChI is InChI=1S/C38H63NO7/c1-6-8-10-12-14-16-17-18-19-21-23-25-27-29-37(41)46-34(32-44-31-30-35(38(42)43)39(3,4)5)33-45-36(40)28-26-24-22-20-15-13-11-9-7-2/h9,11,15,18-20,23-26,34-35H,6-8,10,12-14,16-17,21-22,27-33H2,1-5H3/p+1/b11-9+,19-18+,20-15+,25-23+,26-24+. The number of quaternary nitrogens is 1. The molecule has 0 radical (unpaired) electrons. The van der Waals surface area contributed by atoms with Gasteiger partial charge in [-0.25, -0.2) is 4.79 Å². The molecule has 0 aliphatic rings. The molecule has 0 spiro atoms. The van der Waals surface area contributed by atoms with Crippen LogP contribution in [0.3, 0.4) is 0 Å². The van der Waals surface area contributed by atoms with E-state index in [1.807, 2.05) is 45.4 Å². The van der Waals surface area contributed by atoms with Gasteiger partial charge in [-0.1, -0.05) is 107 Å². The van der Waals surface area contributed by atoms with Gasteiger partial charge >= 0.3 is 17.9 Å². The van der Waals surface area contributed by atoms with Crippen LogP contribution in [0.25, 0.3) is 0 Å². The molecule has 0 fully saturated rings. The Bertz CT molecular complexity index is 943. The van der Waals surface area contributed by atoms with Gasteiger partial charge in [0.1, 0.15) is 6.61 Å². The van der Waals surface area contributed by atoms with Crippen molar-refractivity contribution < 1.29 is 38.2 Å². The third kappa shape index (κ3) is 27.3. The van der Waals surface area contributed by atoms with Crippen molar-refractivity contribution in [3.05, 3.63) is 60.8 Å². The number of allylic oxidation sites excluding steroid dienone is 9. The minimum Gasteiger partial charge on any atom is -0.477 e. The first-order chi connectivity index (χ1) is 22.1. The van der Waals surface area contributed by atoms with Crippen LogP contribution >= 0.6 is 0 Å². The molecule has 0 aromatic rings. The topological polar surface area (TPSA) is 99.1 Å². The smallest absolute Gasteiger partial charge is 0.362 e. The van der Waals surface area contributed by atoms with E-state index in [1.54, 1.807) is 6.08 Å². The predicted molar refractivity (Wildman–Crippen MR) is 187 cm³/mol. The fraction of sp³-hybridized carbons (Fsp3) is 0.658. The molecule has 0 aliphatic heterocycles. The summed E-state index contributed by atoms with van der Waals surface area (Å²) in [6.07, 6.45) is 33.2. The molecule has 0 aromatic carbocycles. The van der Waals surface area contributed by atoms with Gasteiger partial charge in [0, 0.05) is 12.8 Å². The van der Waals surface area contributed by atoms with E-state index in [9.17, 15) is 19.5 Å². The molecule has 1 N–H and O–H groups in total. The maximum Gasteiger partial charge on any atom is 0.362 e. The van der Waals surface area contributed by atoms with Crippen molar-refractivity contribution in [2.75, 3.05) is 41.0 Å². The molecule has 0 saturated carbocycles. The van der Waals surface area contributed by atoms with Gasteiger partial charge in [-0.3, -0.25) is 9.59 Å². The van der Waals surface area contributed by atoms with Crippen molar-refractivity contribution in [3.63, 3.8) is 0 Å². The number of esters is 2. The van der Waals surface area contributed by atoms with Crippen LogP contribution in [-0.4, -0.2) is 80.6 Å². The van der Waals surface area contributed by atoms with Crippen LogP contribution < -0.4 is 0 Å². The molecule has 2 atom stereocenters. The van der Waals surface area contributed by atoms with Gasteiger partial charge in [0.15, 0.2) is 12.1 Å². The number of hydrogen-bond acceptors (Lipinski definition) is 6. The monoisotopic (exact) mass is 646 g/mol. The maximum atomic E-state index is 12.5. The quantitative estimate of drug-likeness (QED) is 0.0378. The molecular formula is C38H64NO7+. The Balaban J connectivity index is 4.67. The van der Waals surface area contributed by atoms with E-state index in [0.717, 1.165) is 32.1 Å². The van der Waals surface area contributed by atoms with E-state index in [-0.39, 0.29) is 37.1 Å². The van der Waals surface area contributed by atoms with Gasteiger partial charge in [-0.05, 0) is 44.9 Å². The normalized spacial score (nSPS) is 13.8. The first-order valence-corrected chi connectivity index (χ1v) is 17.3. The second-order valence-electron chi connectivity index (χ2n) is 12.4. The zero-order valence-electron chi connectivity index (χ0n) is 29.5. The molecule has 0 rings (SSSR count). The molecule has 0 bridgehead atoms. The van der Waals surface area contributed by atoms with Gasteiger partial charge in [-0.2, -0.15) is 0 Å². The Morgan fingerprint density at radius 1 is 0.696 bits per heavy atom. The third-order valence-electron chi connectivity index (χ3n) is 7.20. The lowest BCUT2D eigenvalue weighted by atomic mass is 10.1. The number of likely N-dealkylation sites (N-methyl/N-ethyl adjacent to an activating group) is 1. The molecule has 0 aromatic heterocycles. The fourth-order valence-corrected chi connectivity index (χ4v) is 4.50. The van der Waals surface area contributed by atoms with Crippen LogP contribution in [-0.2, 0) is 28.6 Å². The van der Waals surface area contributed by atoms with E-state index in [0.29, 0.717) is 12.8 Å². The molecular weight excluding hydrogens is 582 g/mol. The summed E-state index contributed by atoms with van der Waals surface area (Å²) < 4.78 is 16.9. The van der Waals surface area contributed by atoms with Crippen molar-refractivity contribution in [3.8, 4) is 0 Å². The van der Waals surface area contributed by atoms with Crippen molar-refractivity contribution in [2.24, 2.45) is 0 Å². The zero-order valence-corrected chi connectivity index (χ0v) is 29.5. The van der Waals surface area contributed by atoms with Gasteiger partial charge < -0.3 is 23.8 Å². The number of rotatable bonds is 29. The molecule has 0 amide bonds. The molecule has 8 nitrogen and oxygen atoms in total. The number of carbonyl (C=O) groups is 3. The maximum absolute atomic E-state index is 12.5. The lowest BCUT2D eigenvalue weighted by Crippen LogP contribution is -2.50. The van der Waals surface area contributed by atoms with E-state index in [2.05, 4.69) is 44.2 Å². The van der Waals surface area contributed by atoms with Gasteiger partial charge in [0.05, 0.1) is 40.8 Å². The Hall–Kier alpha value is -2.97. The number of carboxylic acid groups (broad SMARTS) is 1. The highest BCUT2D eigenvalue weighted by atomic mass is 16.6. The summed E-state index contributed by atoms with van der Waals surface area (Å²) in [6.45, 7) is 4.39. The van der Waals surface area contributed by atoms with Gasteiger partial charge in [-0.15, -0.1) is 0 Å². The number of carboxylic acids is 1. The second-order valence-corrected chi connectivity index (χ2v) is 12.4. The van der Waals surface area contributed by atoms with Gasteiger partial charge in [0.25, 0.3) is 0 Å². The highest BCUT2D eigenvalue weighted by Crippen LogP contribution is 2.10. The highest BCUT2D eigenvalue weighted by Gasteiger charge is 2.31. The number of hydrogen-bond donors (Lipinski definition) is 1. The average Bonchev–Trinajstić information content (AvgIpc) is 3.00. The lowest BCUT2D eigenvalue weighted by Gasteiger charge is -2.31. The Labute approximate surface area is 279 Å². The first kappa shape index (κ1) is 43.0. The van der Waals surface area contributed by atoms with Crippen molar-refractivity contribution in [1.82, 2.24) is 0 Å². The molecule has 0 heterocycles. The SMILES string of the molecule is CC/C=C/C/C=C/C/C=C/CC(=O)OCC(COCCC(C(=O)O)[N+](C)(C)C)OC(=O)CC/C=C/C/C=C/CCCCCCCC. The summed E-state index contributed by atoms with van der Waals surface area (Å²) in [5, 5.41) is 9.54. The number of unbranched alkanes of at least 4 members (excludes halogenated alkanes) is 6. The van der Waals surface area contributed by atoms with Crippen LogP contribution in [0.15, 0.2) is 60.8 Å². The zero-order chi connectivity index (χ0) is 34.3. The molecule has 0 aliphatic carbocycles. The number of ether oxygens (including phenoxy) is 3. The van der Waals surface area contributed by atoms with E-state index < -0.39 is 30.1 Å². The number of aliphatic carboxylic acids is 1. The van der Waals surface area contributed by atoms with Crippen LogP contribution in [0, 0.1) is 0 Å². The van der Waals surface area contributed by atoms with Crippen LogP contribution in [0.5, 0.6) is 0 Å². The average molecular weight is 647 g/mol. The number of nitrogens with zero attached hydrogens (tertiary/aromatic N) is 1. The second kappa shape index (κ2) is 29.4. The largest absolute Gasteiger partial charge is 0.477 e. The Morgan fingerprint density at radius 2 is 1.28 bits per heavy atom. The van der Waals surface area contributed by atoms with Crippen molar-refractivity contribution in [1.29, 1.82) is 0 Å². The molecule has 8 heteroatoms. The minimum atomic E-state index is -0.897. The Kier molecular flexibility index (Phi) is 27.5. The summed E-state index contributed by atoms with van der Waals surface area (Å²) in [6, 6.07) is -0.634. The Morgan fingerprint density at radius 3 is 1.91 bits per heavy atom. The molecule has 0 saturated heterocycles.